The highest BCUT2D eigenvalue weighted by Crippen LogP contribution is 2.21. The van der Waals surface area contributed by atoms with Crippen LogP contribution in [0.4, 0.5) is 5.69 Å². The number of pyridine rings is 1. The first-order valence-electron chi connectivity index (χ1n) is 7.53. The van der Waals surface area contributed by atoms with Crippen molar-refractivity contribution in [2.24, 2.45) is 7.05 Å². The maximum atomic E-state index is 12.3. The summed E-state index contributed by atoms with van der Waals surface area (Å²) in [5.41, 5.74) is 1.09. The van der Waals surface area contributed by atoms with Gasteiger partial charge >= 0.3 is 0 Å². The monoisotopic (exact) mass is 322 g/mol. The highest BCUT2D eigenvalue weighted by molar-refractivity contribution is 6.32. The van der Waals surface area contributed by atoms with Crippen molar-refractivity contribution in [3.8, 4) is 0 Å². The van der Waals surface area contributed by atoms with E-state index >= 15 is 0 Å². The van der Waals surface area contributed by atoms with E-state index in [0.29, 0.717) is 22.5 Å². The molecular formula is C15H21ClN5O+. The predicted octanol–water partition coefficient (Wildman–Crippen LogP) is 0.931. The van der Waals surface area contributed by atoms with Crippen molar-refractivity contribution in [3.63, 3.8) is 0 Å². The van der Waals surface area contributed by atoms with E-state index < -0.39 is 0 Å². The van der Waals surface area contributed by atoms with Gasteiger partial charge in [-0.15, -0.1) is 0 Å². The first-order chi connectivity index (χ1) is 10.5. The van der Waals surface area contributed by atoms with Crippen molar-refractivity contribution >= 4 is 28.3 Å². The van der Waals surface area contributed by atoms with Gasteiger partial charge in [0.25, 0.3) is 17.5 Å². The molecule has 3 rings (SSSR count). The molecule has 0 amide bonds. The number of halogens is 1. The second kappa shape index (κ2) is 5.85. The quantitative estimate of drug-likeness (QED) is 0.660. The van der Waals surface area contributed by atoms with E-state index in [0.717, 1.165) is 31.6 Å². The molecule has 3 heterocycles. The molecule has 0 saturated carbocycles. The van der Waals surface area contributed by atoms with E-state index in [2.05, 4.69) is 33.6 Å². The molecule has 0 aromatic carbocycles. The molecule has 22 heavy (non-hydrogen) atoms. The normalized spacial score (nSPS) is 16.7. The molecule has 0 unspecified atom stereocenters. The Kier molecular flexibility index (Phi) is 4.06. The SMILES string of the molecule is CC(C)N1CCN(c2cc3c(Cl)[n+](C)cnc3[nH]c2=O)CC1. The lowest BCUT2D eigenvalue weighted by molar-refractivity contribution is -0.670. The minimum atomic E-state index is -0.108. The summed E-state index contributed by atoms with van der Waals surface area (Å²) in [5.74, 6) is 0. The number of rotatable bonds is 2. The van der Waals surface area contributed by atoms with Gasteiger partial charge in [-0.1, -0.05) is 0 Å². The summed E-state index contributed by atoms with van der Waals surface area (Å²) in [7, 11) is 1.83. The Morgan fingerprint density at radius 3 is 2.64 bits per heavy atom. The largest absolute Gasteiger partial charge is 0.364 e. The fraction of sp³-hybridized carbons (Fsp3) is 0.533. The number of piperazine rings is 1. The highest BCUT2D eigenvalue weighted by atomic mass is 35.5. The van der Waals surface area contributed by atoms with Gasteiger partial charge in [-0.2, -0.15) is 0 Å². The number of aromatic nitrogens is 3. The molecule has 0 aliphatic carbocycles. The summed E-state index contributed by atoms with van der Waals surface area (Å²) in [5, 5.41) is 1.34. The number of nitrogens with one attached hydrogen (secondary N) is 1. The van der Waals surface area contributed by atoms with Gasteiger partial charge in [0.1, 0.15) is 11.1 Å². The van der Waals surface area contributed by atoms with Crippen LogP contribution < -0.4 is 15.0 Å². The van der Waals surface area contributed by atoms with Crippen molar-refractivity contribution in [1.29, 1.82) is 0 Å². The van der Waals surface area contributed by atoms with Gasteiger partial charge in [0.15, 0.2) is 0 Å². The number of aromatic amines is 1. The van der Waals surface area contributed by atoms with Gasteiger partial charge in [0.2, 0.25) is 5.15 Å². The Bertz CT molecular complexity index is 749. The van der Waals surface area contributed by atoms with Crippen molar-refractivity contribution in [2.75, 3.05) is 31.1 Å². The molecule has 0 spiro atoms. The zero-order valence-corrected chi connectivity index (χ0v) is 13.9. The third-order valence-electron chi connectivity index (χ3n) is 4.28. The molecule has 0 atom stereocenters. The molecule has 118 valence electrons. The first kappa shape index (κ1) is 15.2. The predicted molar refractivity (Wildman–Crippen MR) is 87.5 cm³/mol. The molecule has 7 heteroatoms. The van der Waals surface area contributed by atoms with E-state index in [-0.39, 0.29) is 5.56 Å². The van der Waals surface area contributed by atoms with E-state index in [1.165, 1.54) is 0 Å². The average molecular weight is 323 g/mol. The third kappa shape index (κ3) is 2.68. The Hall–Kier alpha value is -1.66. The maximum Gasteiger partial charge on any atom is 0.289 e. The van der Waals surface area contributed by atoms with Crippen molar-refractivity contribution < 1.29 is 4.57 Å². The van der Waals surface area contributed by atoms with Gasteiger partial charge in [-0.05, 0) is 36.5 Å². The topological polar surface area (TPSA) is 56.1 Å². The highest BCUT2D eigenvalue weighted by Gasteiger charge is 2.22. The van der Waals surface area contributed by atoms with E-state index in [1.807, 2.05) is 13.1 Å². The van der Waals surface area contributed by atoms with Crippen LogP contribution in [0.1, 0.15) is 13.8 Å². The summed E-state index contributed by atoms with van der Waals surface area (Å²) in [4.78, 5) is 23.9. The zero-order valence-electron chi connectivity index (χ0n) is 13.1. The number of H-pyrrole nitrogens is 1. The number of aryl methyl sites for hydroxylation is 1. The average Bonchev–Trinajstić information content (AvgIpc) is 2.51. The van der Waals surface area contributed by atoms with Crippen LogP contribution in [0.25, 0.3) is 11.0 Å². The molecule has 0 bridgehead atoms. The fourth-order valence-electron chi connectivity index (χ4n) is 2.87. The second-order valence-electron chi connectivity index (χ2n) is 6.01. The molecule has 1 aliphatic rings. The molecule has 1 saturated heterocycles. The zero-order chi connectivity index (χ0) is 15.9. The standard InChI is InChI=1S/C15H20ClN5O/c1-10(2)20-4-6-21(7-5-20)12-8-11-13(16)19(3)9-17-14(11)18-15(12)22/h8-10H,4-7H2,1-3H3/p+1. The number of anilines is 1. The summed E-state index contributed by atoms with van der Waals surface area (Å²) in [6.07, 6.45) is 1.60. The molecule has 6 nitrogen and oxygen atoms in total. The Balaban J connectivity index is 1.96. The number of nitrogens with zero attached hydrogens (tertiary/aromatic N) is 4. The van der Waals surface area contributed by atoms with Gasteiger partial charge in [0, 0.05) is 32.2 Å². The minimum absolute atomic E-state index is 0.108. The van der Waals surface area contributed by atoms with Crippen LogP contribution >= 0.6 is 11.6 Å². The van der Waals surface area contributed by atoms with Gasteiger partial charge < -0.3 is 4.90 Å². The number of hydrogen-bond acceptors (Lipinski definition) is 4. The van der Waals surface area contributed by atoms with Crippen LogP contribution in [-0.2, 0) is 7.05 Å². The molecular weight excluding hydrogens is 302 g/mol. The molecule has 2 aromatic rings. The first-order valence-corrected chi connectivity index (χ1v) is 7.91. The Morgan fingerprint density at radius 2 is 2.00 bits per heavy atom. The Morgan fingerprint density at radius 1 is 1.32 bits per heavy atom. The number of hydrogen-bond donors (Lipinski definition) is 1. The van der Waals surface area contributed by atoms with Crippen LogP contribution in [0.5, 0.6) is 0 Å². The summed E-state index contributed by atoms with van der Waals surface area (Å²) >= 11 is 6.33. The van der Waals surface area contributed by atoms with E-state index in [4.69, 9.17) is 11.6 Å². The number of fused-ring (bicyclic) bond motifs is 1. The van der Waals surface area contributed by atoms with Crippen LogP contribution in [-0.4, -0.2) is 47.1 Å². The van der Waals surface area contributed by atoms with E-state index in [1.54, 1.807) is 10.9 Å². The lowest BCUT2D eigenvalue weighted by Gasteiger charge is -2.37. The summed E-state index contributed by atoms with van der Waals surface area (Å²) in [6.45, 7) is 8.01. The molecule has 1 aliphatic heterocycles. The lowest BCUT2D eigenvalue weighted by atomic mass is 10.2. The molecule has 1 N–H and O–H groups in total. The van der Waals surface area contributed by atoms with Crippen molar-refractivity contribution in [2.45, 2.75) is 19.9 Å². The fourth-order valence-corrected chi connectivity index (χ4v) is 3.06. The smallest absolute Gasteiger partial charge is 0.289 e. The van der Waals surface area contributed by atoms with Gasteiger partial charge in [-0.25, -0.2) is 4.57 Å². The second-order valence-corrected chi connectivity index (χ2v) is 6.37. The molecule has 0 radical (unpaired) electrons. The Labute approximate surface area is 134 Å². The van der Waals surface area contributed by atoms with Gasteiger partial charge in [-0.3, -0.25) is 14.7 Å². The van der Waals surface area contributed by atoms with Crippen LogP contribution in [0.3, 0.4) is 0 Å². The van der Waals surface area contributed by atoms with Crippen LogP contribution in [0.15, 0.2) is 17.2 Å². The third-order valence-corrected chi connectivity index (χ3v) is 4.75. The van der Waals surface area contributed by atoms with Gasteiger partial charge in [0.05, 0.1) is 7.05 Å². The van der Waals surface area contributed by atoms with Crippen molar-refractivity contribution in [1.82, 2.24) is 14.9 Å². The minimum Gasteiger partial charge on any atom is -0.364 e. The van der Waals surface area contributed by atoms with E-state index in [9.17, 15) is 4.79 Å². The molecule has 1 fully saturated rings. The van der Waals surface area contributed by atoms with Crippen LogP contribution in [0, 0.1) is 0 Å². The summed E-state index contributed by atoms with van der Waals surface area (Å²) in [6, 6.07) is 2.39. The summed E-state index contributed by atoms with van der Waals surface area (Å²) < 4.78 is 1.74. The van der Waals surface area contributed by atoms with Crippen molar-refractivity contribution in [3.05, 3.63) is 27.9 Å². The maximum absolute atomic E-state index is 12.3. The lowest BCUT2D eigenvalue weighted by Crippen LogP contribution is -2.50. The van der Waals surface area contributed by atoms with Crippen LogP contribution in [0.2, 0.25) is 5.15 Å². The molecule has 2 aromatic heterocycles.